The maximum absolute atomic E-state index is 12.5. The van der Waals surface area contributed by atoms with E-state index in [0.29, 0.717) is 19.0 Å². The molecule has 1 spiro atoms. The van der Waals surface area contributed by atoms with Gasteiger partial charge >= 0.3 is 0 Å². The van der Waals surface area contributed by atoms with Gasteiger partial charge in [-0.25, -0.2) is 0 Å². The van der Waals surface area contributed by atoms with Gasteiger partial charge in [0, 0.05) is 25.6 Å². The Balaban J connectivity index is 1.63. The first-order valence-corrected chi connectivity index (χ1v) is 7.09. The number of hydrogen-bond donors (Lipinski definition) is 0. The zero-order valence-corrected chi connectivity index (χ0v) is 11.0. The highest BCUT2D eigenvalue weighted by Crippen LogP contribution is 2.37. The first kappa shape index (κ1) is 12.6. The molecular formula is C14H22O4. The molecular weight excluding hydrogens is 232 g/mol. The van der Waals surface area contributed by atoms with Gasteiger partial charge in [0.15, 0.2) is 5.78 Å². The minimum Gasteiger partial charge on any atom is -0.378 e. The Morgan fingerprint density at radius 1 is 1.22 bits per heavy atom. The van der Waals surface area contributed by atoms with Crippen molar-refractivity contribution in [2.24, 2.45) is 5.92 Å². The maximum Gasteiger partial charge on any atom is 0.164 e. The molecule has 4 heteroatoms. The molecule has 3 rings (SSSR count). The molecule has 3 heterocycles. The molecule has 0 aromatic heterocycles. The van der Waals surface area contributed by atoms with Crippen LogP contribution in [0.2, 0.25) is 0 Å². The molecule has 0 aromatic rings. The molecule has 0 aromatic carbocycles. The van der Waals surface area contributed by atoms with Gasteiger partial charge in [0.2, 0.25) is 0 Å². The molecule has 102 valence electrons. The molecule has 3 aliphatic heterocycles. The van der Waals surface area contributed by atoms with Gasteiger partial charge < -0.3 is 14.2 Å². The van der Waals surface area contributed by atoms with Crippen LogP contribution in [0.15, 0.2) is 0 Å². The highest BCUT2D eigenvalue weighted by Gasteiger charge is 2.44. The fourth-order valence-corrected chi connectivity index (χ4v) is 3.41. The first-order valence-electron chi connectivity index (χ1n) is 7.09. The maximum atomic E-state index is 12.5. The van der Waals surface area contributed by atoms with Crippen LogP contribution >= 0.6 is 0 Å². The van der Waals surface area contributed by atoms with E-state index < -0.39 is 0 Å². The molecule has 0 saturated carbocycles. The van der Waals surface area contributed by atoms with Crippen LogP contribution in [0, 0.1) is 5.92 Å². The summed E-state index contributed by atoms with van der Waals surface area (Å²) in [4.78, 5) is 12.5. The van der Waals surface area contributed by atoms with E-state index in [4.69, 9.17) is 14.2 Å². The monoisotopic (exact) mass is 254 g/mol. The fraction of sp³-hybridized carbons (Fsp3) is 0.929. The van der Waals surface area contributed by atoms with Gasteiger partial charge in [0.1, 0.15) is 6.10 Å². The lowest BCUT2D eigenvalue weighted by atomic mass is 9.81. The highest BCUT2D eigenvalue weighted by molar-refractivity contribution is 5.85. The van der Waals surface area contributed by atoms with Crippen LogP contribution in [-0.4, -0.2) is 43.4 Å². The van der Waals surface area contributed by atoms with Crippen molar-refractivity contribution in [2.75, 3.05) is 19.8 Å². The standard InChI is InChI=1S/C14H22O4/c1-10-2-3-12(18-10)13(15)11-4-6-17-14(8-11)5-7-16-9-14/h10-12H,2-9H2,1H3. The smallest absolute Gasteiger partial charge is 0.164 e. The number of hydrogen-bond acceptors (Lipinski definition) is 4. The van der Waals surface area contributed by atoms with Gasteiger partial charge in [0.05, 0.1) is 18.3 Å². The van der Waals surface area contributed by atoms with E-state index in [1.807, 2.05) is 6.92 Å². The van der Waals surface area contributed by atoms with E-state index in [-0.39, 0.29) is 23.7 Å². The molecule has 3 aliphatic rings. The predicted molar refractivity (Wildman–Crippen MR) is 65.4 cm³/mol. The van der Waals surface area contributed by atoms with Gasteiger partial charge in [-0.05, 0) is 32.6 Å². The Morgan fingerprint density at radius 3 is 2.78 bits per heavy atom. The second-order valence-electron chi connectivity index (χ2n) is 5.94. The van der Waals surface area contributed by atoms with E-state index in [9.17, 15) is 4.79 Å². The van der Waals surface area contributed by atoms with Gasteiger partial charge in [-0.1, -0.05) is 0 Å². The molecule has 0 N–H and O–H groups in total. The number of rotatable bonds is 2. The summed E-state index contributed by atoms with van der Waals surface area (Å²) in [7, 11) is 0. The van der Waals surface area contributed by atoms with Crippen molar-refractivity contribution in [3.8, 4) is 0 Å². The fourth-order valence-electron chi connectivity index (χ4n) is 3.41. The average molecular weight is 254 g/mol. The third-order valence-corrected chi connectivity index (χ3v) is 4.51. The zero-order chi connectivity index (χ0) is 12.6. The first-order chi connectivity index (χ1) is 8.69. The van der Waals surface area contributed by atoms with Crippen molar-refractivity contribution in [1.82, 2.24) is 0 Å². The molecule has 4 atom stereocenters. The lowest BCUT2D eigenvalue weighted by molar-refractivity contribution is -0.146. The number of ether oxygens (including phenoxy) is 3. The largest absolute Gasteiger partial charge is 0.378 e. The van der Waals surface area contributed by atoms with Gasteiger partial charge in [0.25, 0.3) is 0 Å². The molecule has 4 nitrogen and oxygen atoms in total. The van der Waals surface area contributed by atoms with E-state index in [2.05, 4.69) is 0 Å². The third-order valence-electron chi connectivity index (χ3n) is 4.51. The van der Waals surface area contributed by atoms with E-state index in [1.54, 1.807) is 0 Å². The van der Waals surface area contributed by atoms with Crippen LogP contribution in [0.3, 0.4) is 0 Å². The van der Waals surface area contributed by atoms with Crippen LogP contribution in [0.4, 0.5) is 0 Å². The van der Waals surface area contributed by atoms with Gasteiger partial charge in [-0.3, -0.25) is 4.79 Å². The quantitative estimate of drug-likeness (QED) is 0.752. The summed E-state index contributed by atoms with van der Waals surface area (Å²) in [5.41, 5.74) is -0.178. The second-order valence-corrected chi connectivity index (χ2v) is 5.94. The average Bonchev–Trinajstić information content (AvgIpc) is 2.98. The predicted octanol–water partition coefficient (Wildman–Crippen LogP) is 1.71. The number of Topliss-reactive ketones (excluding diaryl/α,β-unsaturated/α-hetero) is 1. The highest BCUT2D eigenvalue weighted by atomic mass is 16.6. The number of ketones is 1. The van der Waals surface area contributed by atoms with Crippen molar-refractivity contribution >= 4 is 5.78 Å². The zero-order valence-electron chi connectivity index (χ0n) is 11.0. The van der Waals surface area contributed by atoms with E-state index >= 15 is 0 Å². The summed E-state index contributed by atoms with van der Waals surface area (Å²) >= 11 is 0. The van der Waals surface area contributed by atoms with Crippen LogP contribution in [0.1, 0.15) is 39.0 Å². The Kier molecular flexibility index (Phi) is 3.43. The lowest BCUT2D eigenvalue weighted by Crippen LogP contribution is -2.44. The van der Waals surface area contributed by atoms with Crippen molar-refractivity contribution in [2.45, 2.75) is 56.8 Å². The summed E-state index contributed by atoms with van der Waals surface area (Å²) in [6, 6.07) is 0. The summed E-state index contributed by atoms with van der Waals surface area (Å²) in [5, 5.41) is 0. The molecule has 4 unspecified atom stereocenters. The minimum atomic E-state index is -0.178. The van der Waals surface area contributed by atoms with Crippen molar-refractivity contribution in [3.05, 3.63) is 0 Å². The molecule has 0 amide bonds. The summed E-state index contributed by atoms with van der Waals surface area (Å²) in [6.45, 7) is 4.14. The van der Waals surface area contributed by atoms with Crippen LogP contribution in [-0.2, 0) is 19.0 Å². The van der Waals surface area contributed by atoms with Crippen molar-refractivity contribution in [3.63, 3.8) is 0 Å². The number of carbonyl (C=O) groups excluding carboxylic acids is 1. The van der Waals surface area contributed by atoms with Gasteiger partial charge in [-0.2, -0.15) is 0 Å². The molecule has 3 fully saturated rings. The summed E-state index contributed by atoms with van der Waals surface area (Å²) in [5.74, 6) is 0.407. The van der Waals surface area contributed by atoms with Crippen LogP contribution < -0.4 is 0 Å². The summed E-state index contributed by atoms with van der Waals surface area (Å²) < 4.78 is 17.0. The minimum absolute atomic E-state index is 0.107. The van der Waals surface area contributed by atoms with Crippen LogP contribution in [0.25, 0.3) is 0 Å². The SMILES string of the molecule is CC1CCC(C(=O)C2CCOC3(CCOC3)C2)O1. The van der Waals surface area contributed by atoms with E-state index in [1.165, 1.54) is 0 Å². The Hall–Kier alpha value is -0.450. The Morgan fingerprint density at radius 2 is 2.11 bits per heavy atom. The van der Waals surface area contributed by atoms with Gasteiger partial charge in [-0.15, -0.1) is 0 Å². The molecule has 0 bridgehead atoms. The Bertz CT molecular complexity index is 322. The second kappa shape index (κ2) is 4.91. The molecule has 0 aliphatic carbocycles. The third kappa shape index (κ3) is 2.33. The summed E-state index contributed by atoms with van der Waals surface area (Å²) in [6.07, 6.45) is 4.56. The van der Waals surface area contributed by atoms with Crippen molar-refractivity contribution < 1.29 is 19.0 Å². The number of carbonyl (C=O) groups is 1. The molecule has 0 radical (unpaired) electrons. The molecule has 18 heavy (non-hydrogen) atoms. The lowest BCUT2D eigenvalue weighted by Gasteiger charge is -2.37. The Labute approximate surface area is 108 Å². The van der Waals surface area contributed by atoms with E-state index in [0.717, 1.165) is 38.7 Å². The topological polar surface area (TPSA) is 44.8 Å². The van der Waals surface area contributed by atoms with Crippen molar-refractivity contribution in [1.29, 1.82) is 0 Å². The van der Waals surface area contributed by atoms with Crippen LogP contribution in [0.5, 0.6) is 0 Å². The normalized spacial score (nSPS) is 44.6. The molecule has 3 saturated heterocycles.